The van der Waals surface area contributed by atoms with Crippen molar-refractivity contribution in [3.8, 4) is 5.75 Å². The summed E-state index contributed by atoms with van der Waals surface area (Å²) in [7, 11) is 1.68. The Balaban J connectivity index is 1.63. The first-order valence-corrected chi connectivity index (χ1v) is 10.2. The number of rotatable bonds is 5. The number of hydrogen-bond donors (Lipinski definition) is 0. The third kappa shape index (κ3) is 3.30. The summed E-state index contributed by atoms with van der Waals surface area (Å²) >= 11 is 1.38. The molecule has 7 heteroatoms. The average molecular weight is 398 g/mol. The minimum Gasteiger partial charge on any atom is -0.497 e. The molecular weight excluding hydrogens is 374 g/mol. The summed E-state index contributed by atoms with van der Waals surface area (Å²) < 4.78 is 10.5. The van der Waals surface area contributed by atoms with Gasteiger partial charge in [0.15, 0.2) is 0 Å². The van der Waals surface area contributed by atoms with Crippen LogP contribution in [0.3, 0.4) is 0 Å². The van der Waals surface area contributed by atoms with E-state index >= 15 is 0 Å². The largest absolute Gasteiger partial charge is 0.497 e. The maximum absolute atomic E-state index is 12.3. The number of benzene rings is 1. The van der Waals surface area contributed by atoms with Crippen molar-refractivity contribution in [1.82, 2.24) is 9.97 Å². The Morgan fingerprint density at radius 3 is 2.79 bits per heavy atom. The number of aryl methyl sites for hydroxylation is 1. The maximum atomic E-state index is 12.3. The lowest BCUT2D eigenvalue weighted by Gasteiger charge is -2.19. The van der Waals surface area contributed by atoms with Gasteiger partial charge < -0.3 is 14.4 Å². The molecule has 2 aromatic heterocycles. The predicted molar refractivity (Wildman–Crippen MR) is 111 cm³/mol. The number of hydrogen-bond acceptors (Lipinski definition) is 7. The fraction of sp³-hybridized carbons (Fsp3) is 0.381. The highest BCUT2D eigenvalue weighted by Crippen LogP contribution is 2.38. The fourth-order valence-electron chi connectivity index (χ4n) is 3.78. The molecule has 1 aliphatic rings. The Hall–Kier alpha value is -2.67. The number of carbonyl (C=O) groups is 1. The number of carbonyl (C=O) groups excluding carboxylic acids is 1. The van der Waals surface area contributed by atoms with E-state index in [0.717, 1.165) is 46.9 Å². The molecule has 1 unspecified atom stereocenters. The molecule has 0 saturated carbocycles. The predicted octanol–water partition coefficient (Wildman–Crippen LogP) is 4.18. The summed E-state index contributed by atoms with van der Waals surface area (Å²) in [6, 6.07) is 8.29. The molecule has 0 bridgehead atoms. The second-order valence-corrected chi connectivity index (χ2v) is 7.86. The molecular formula is C21H23N3O3S. The number of fused-ring (bicyclic) bond motifs is 1. The second kappa shape index (κ2) is 7.75. The van der Waals surface area contributed by atoms with E-state index in [9.17, 15) is 4.79 Å². The van der Waals surface area contributed by atoms with E-state index in [1.165, 1.54) is 16.9 Å². The molecule has 0 aliphatic carbocycles. The molecule has 0 N–H and O–H groups in total. The Kier molecular flexibility index (Phi) is 5.17. The Labute approximate surface area is 168 Å². The van der Waals surface area contributed by atoms with Crippen LogP contribution in [-0.2, 0) is 4.74 Å². The van der Waals surface area contributed by atoms with Gasteiger partial charge in [-0.25, -0.2) is 14.8 Å². The zero-order chi connectivity index (χ0) is 19.7. The summed E-state index contributed by atoms with van der Waals surface area (Å²) in [6.07, 6.45) is 2.65. The molecule has 3 heterocycles. The molecule has 0 amide bonds. The number of methoxy groups -OCH3 is 1. The van der Waals surface area contributed by atoms with Gasteiger partial charge in [0.1, 0.15) is 27.6 Å². The van der Waals surface area contributed by atoms with Crippen LogP contribution in [0.5, 0.6) is 5.75 Å². The molecule has 6 nitrogen and oxygen atoms in total. The molecule has 1 aromatic carbocycles. The van der Waals surface area contributed by atoms with E-state index < -0.39 is 0 Å². The normalized spacial score (nSPS) is 16.5. The maximum Gasteiger partial charge on any atom is 0.348 e. The first-order chi connectivity index (χ1) is 13.6. The van der Waals surface area contributed by atoms with Crippen LogP contribution in [0, 0.1) is 6.92 Å². The molecule has 4 rings (SSSR count). The van der Waals surface area contributed by atoms with Crippen molar-refractivity contribution in [3.63, 3.8) is 0 Å². The molecule has 1 aliphatic heterocycles. The van der Waals surface area contributed by atoms with Crippen molar-refractivity contribution in [2.24, 2.45) is 0 Å². The summed E-state index contributed by atoms with van der Waals surface area (Å²) in [5, 5.41) is 0.964. The highest BCUT2D eigenvalue weighted by molar-refractivity contribution is 7.20. The zero-order valence-corrected chi connectivity index (χ0v) is 17.1. The van der Waals surface area contributed by atoms with Crippen LogP contribution in [0.1, 0.15) is 40.1 Å². The molecule has 1 atom stereocenters. The number of thiophene rings is 1. The van der Waals surface area contributed by atoms with Crippen molar-refractivity contribution in [2.75, 3.05) is 31.7 Å². The lowest BCUT2D eigenvalue weighted by molar-refractivity contribution is 0.0531. The summed E-state index contributed by atoms with van der Waals surface area (Å²) in [4.78, 5) is 25.0. The first kappa shape index (κ1) is 18.7. The molecule has 0 spiro atoms. The van der Waals surface area contributed by atoms with Crippen molar-refractivity contribution < 1.29 is 14.3 Å². The van der Waals surface area contributed by atoms with Crippen LogP contribution in [0.25, 0.3) is 10.2 Å². The Morgan fingerprint density at radius 2 is 2.07 bits per heavy atom. The summed E-state index contributed by atoms with van der Waals surface area (Å²) in [6.45, 7) is 5.94. The average Bonchev–Trinajstić information content (AvgIpc) is 3.34. The smallest absolute Gasteiger partial charge is 0.348 e. The van der Waals surface area contributed by atoms with Gasteiger partial charge in [-0.2, -0.15) is 0 Å². The van der Waals surface area contributed by atoms with Crippen LogP contribution < -0.4 is 9.64 Å². The van der Waals surface area contributed by atoms with Gasteiger partial charge in [-0.15, -0.1) is 11.3 Å². The highest BCUT2D eigenvalue weighted by Gasteiger charge is 2.28. The number of nitrogens with zero attached hydrogens (tertiary/aromatic N) is 3. The van der Waals surface area contributed by atoms with Gasteiger partial charge in [0.05, 0.1) is 19.1 Å². The molecule has 146 valence electrons. The monoisotopic (exact) mass is 397 g/mol. The van der Waals surface area contributed by atoms with Crippen molar-refractivity contribution in [3.05, 3.63) is 46.6 Å². The summed E-state index contributed by atoms with van der Waals surface area (Å²) in [5.41, 5.74) is 2.21. The van der Waals surface area contributed by atoms with E-state index in [1.807, 2.05) is 26.0 Å². The topological polar surface area (TPSA) is 64.5 Å². The lowest BCUT2D eigenvalue weighted by Crippen LogP contribution is -2.21. The quantitative estimate of drug-likeness (QED) is 0.602. The van der Waals surface area contributed by atoms with Crippen LogP contribution in [0.15, 0.2) is 30.6 Å². The van der Waals surface area contributed by atoms with E-state index in [1.54, 1.807) is 13.4 Å². The Morgan fingerprint density at radius 1 is 1.29 bits per heavy atom. The van der Waals surface area contributed by atoms with E-state index in [0.29, 0.717) is 17.4 Å². The van der Waals surface area contributed by atoms with E-state index in [-0.39, 0.29) is 5.97 Å². The molecule has 0 radical (unpaired) electrons. The second-order valence-electron chi connectivity index (χ2n) is 6.86. The standard InChI is InChI=1S/C21H23N3O3S/c1-4-27-21(25)18-13(2)17-19(22-12-23-20(17)28-18)24-10-9-15(11-24)14-5-7-16(26-3)8-6-14/h5-8,12,15H,4,9-11H2,1-3H3. The van der Waals surface area contributed by atoms with Crippen LogP contribution in [0.2, 0.25) is 0 Å². The van der Waals surface area contributed by atoms with E-state index in [4.69, 9.17) is 9.47 Å². The molecule has 28 heavy (non-hydrogen) atoms. The van der Waals surface area contributed by atoms with Gasteiger partial charge in [0.25, 0.3) is 0 Å². The van der Waals surface area contributed by atoms with Gasteiger partial charge in [0.2, 0.25) is 0 Å². The minimum absolute atomic E-state index is 0.286. The minimum atomic E-state index is -0.286. The van der Waals surface area contributed by atoms with Gasteiger partial charge in [0, 0.05) is 19.0 Å². The van der Waals surface area contributed by atoms with Gasteiger partial charge in [-0.1, -0.05) is 12.1 Å². The van der Waals surface area contributed by atoms with E-state index in [2.05, 4.69) is 27.0 Å². The third-order valence-corrected chi connectivity index (χ3v) is 6.42. The number of anilines is 1. The van der Waals surface area contributed by atoms with Gasteiger partial charge in [-0.3, -0.25) is 0 Å². The number of ether oxygens (including phenoxy) is 2. The van der Waals surface area contributed by atoms with Crippen LogP contribution in [-0.4, -0.2) is 42.7 Å². The highest BCUT2D eigenvalue weighted by atomic mass is 32.1. The van der Waals surface area contributed by atoms with Crippen LogP contribution >= 0.6 is 11.3 Å². The van der Waals surface area contributed by atoms with Crippen molar-refractivity contribution >= 4 is 33.3 Å². The zero-order valence-electron chi connectivity index (χ0n) is 16.3. The Bertz CT molecular complexity index is 1000. The molecule has 1 saturated heterocycles. The molecule has 3 aromatic rings. The number of esters is 1. The van der Waals surface area contributed by atoms with Gasteiger partial charge >= 0.3 is 5.97 Å². The van der Waals surface area contributed by atoms with Crippen molar-refractivity contribution in [2.45, 2.75) is 26.2 Å². The SMILES string of the molecule is CCOC(=O)c1sc2ncnc(N3CCC(c4ccc(OC)cc4)C3)c2c1C. The first-order valence-electron chi connectivity index (χ1n) is 9.42. The fourth-order valence-corrected chi connectivity index (χ4v) is 4.82. The van der Waals surface area contributed by atoms with Gasteiger partial charge in [-0.05, 0) is 43.5 Å². The lowest BCUT2D eigenvalue weighted by atomic mass is 9.98. The number of aromatic nitrogens is 2. The third-order valence-electron chi connectivity index (χ3n) is 5.24. The van der Waals surface area contributed by atoms with Crippen LogP contribution in [0.4, 0.5) is 5.82 Å². The van der Waals surface area contributed by atoms with Crippen molar-refractivity contribution in [1.29, 1.82) is 0 Å². The summed E-state index contributed by atoms with van der Waals surface area (Å²) in [5.74, 6) is 1.94. The molecule has 1 fully saturated rings.